The molecule has 2 heteroatoms. The fraction of sp³-hybridized carbons (Fsp3) is 0.600. The summed E-state index contributed by atoms with van der Waals surface area (Å²) in [5.41, 5.74) is -0.490. The van der Waals surface area contributed by atoms with Gasteiger partial charge in [-0.15, -0.1) is 12.3 Å². The van der Waals surface area contributed by atoms with E-state index in [0.717, 1.165) is 19.1 Å². The highest BCUT2D eigenvalue weighted by Crippen LogP contribution is 2.39. The molecule has 0 N–H and O–H groups in total. The Kier molecular flexibility index (Phi) is 2.65. The zero-order chi connectivity index (χ0) is 9.03. The average molecular weight is 164 g/mol. The van der Waals surface area contributed by atoms with Crippen LogP contribution < -0.4 is 0 Å². The number of aldehydes is 1. The molecule has 0 aromatic carbocycles. The molecule has 0 aromatic rings. The van der Waals surface area contributed by atoms with Gasteiger partial charge in [0, 0.05) is 24.7 Å². The number of rotatable bonds is 3. The normalized spacial score (nSPS) is 28.4. The largest absolute Gasteiger partial charge is 0.303 e. The van der Waals surface area contributed by atoms with Gasteiger partial charge >= 0.3 is 0 Å². The lowest BCUT2D eigenvalue weighted by molar-refractivity contribution is -0.128. The van der Waals surface area contributed by atoms with Crippen LogP contribution in [0.15, 0.2) is 0 Å². The maximum absolute atomic E-state index is 11.4. The Balaban J connectivity index is 2.78. The summed E-state index contributed by atoms with van der Waals surface area (Å²) in [5, 5.41) is 0. The summed E-state index contributed by atoms with van der Waals surface area (Å²) in [4.78, 5) is 21.8. The molecule has 0 amide bonds. The van der Waals surface area contributed by atoms with Crippen molar-refractivity contribution in [1.29, 1.82) is 0 Å². The van der Waals surface area contributed by atoms with E-state index in [1.807, 2.05) is 0 Å². The van der Waals surface area contributed by atoms with E-state index in [1.54, 1.807) is 0 Å². The van der Waals surface area contributed by atoms with Crippen LogP contribution in [-0.4, -0.2) is 12.1 Å². The SMILES string of the molecule is C#CCC1(CC=O)CCCC1=O. The summed E-state index contributed by atoms with van der Waals surface area (Å²) in [7, 11) is 0. The van der Waals surface area contributed by atoms with Crippen LogP contribution in [0.2, 0.25) is 0 Å². The van der Waals surface area contributed by atoms with E-state index < -0.39 is 5.41 Å². The van der Waals surface area contributed by atoms with Crippen molar-refractivity contribution >= 4 is 12.1 Å². The van der Waals surface area contributed by atoms with E-state index >= 15 is 0 Å². The number of hydrogen-bond donors (Lipinski definition) is 0. The van der Waals surface area contributed by atoms with Gasteiger partial charge in [-0.2, -0.15) is 0 Å². The van der Waals surface area contributed by atoms with Crippen molar-refractivity contribution < 1.29 is 9.59 Å². The van der Waals surface area contributed by atoms with Crippen molar-refractivity contribution in [1.82, 2.24) is 0 Å². The summed E-state index contributed by atoms with van der Waals surface area (Å²) in [6.07, 6.45) is 8.96. The van der Waals surface area contributed by atoms with Crippen molar-refractivity contribution in [3.05, 3.63) is 0 Å². The molecule has 64 valence electrons. The first-order valence-electron chi connectivity index (χ1n) is 4.15. The van der Waals surface area contributed by atoms with Gasteiger partial charge < -0.3 is 4.79 Å². The maximum Gasteiger partial charge on any atom is 0.140 e. The van der Waals surface area contributed by atoms with Gasteiger partial charge in [0.05, 0.1) is 0 Å². The van der Waals surface area contributed by atoms with Crippen molar-refractivity contribution in [2.75, 3.05) is 0 Å². The minimum absolute atomic E-state index is 0.174. The van der Waals surface area contributed by atoms with Crippen LogP contribution in [0.25, 0.3) is 0 Å². The monoisotopic (exact) mass is 164 g/mol. The van der Waals surface area contributed by atoms with Crippen LogP contribution in [0.3, 0.4) is 0 Å². The highest BCUT2D eigenvalue weighted by atomic mass is 16.1. The first kappa shape index (κ1) is 8.99. The summed E-state index contributed by atoms with van der Waals surface area (Å²) >= 11 is 0. The lowest BCUT2D eigenvalue weighted by atomic mass is 9.79. The van der Waals surface area contributed by atoms with E-state index in [9.17, 15) is 9.59 Å². The molecule has 1 saturated carbocycles. The van der Waals surface area contributed by atoms with Gasteiger partial charge in [0.15, 0.2) is 0 Å². The van der Waals surface area contributed by atoms with Gasteiger partial charge in [-0.05, 0) is 12.8 Å². The Morgan fingerprint density at radius 2 is 2.42 bits per heavy atom. The van der Waals surface area contributed by atoms with Gasteiger partial charge in [0.1, 0.15) is 12.1 Å². The lowest BCUT2D eigenvalue weighted by Crippen LogP contribution is -2.25. The zero-order valence-corrected chi connectivity index (χ0v) is 7.01. The van der Waals surface area contributed by atoms with Crippen LogP contribution in [0.5, 0.6) is 0 Å². The lowest BCUT2D eigenvalue weighted by Gasteiger charge is -2.21. The fourth-order valence-corrected chi connectivity index (χ4v) is 1.82. The standard InChI is InChI=1S/C10H12O2/c1-2-5-10(7-8-11)6-3-4-9(10)12/h1,8H,3-7H2. The summed E-state index contributed by atoms with van der Waals surface area (Å²) in [5.74, 6) is 2.66. The molecule has 0 spiro atoms. The smallest absolute Gasteiger partial charge is 0.140 e. The Hall–Kier alpha value is -1.10. The molecular weight excluding hydrogens is 152 g/mol. The predicted molar refractivity (Wildman–Crippen MR) is 45.4 cm³/mol. The highest BCUT2D eigenvalue weighted by Gasteiger charge is 2.40. The molecule has 12 heavy (non-hydrogen) atoms. The molecule has 0 saturated heterocycles. The number of ketones is 1. The van der Waals surface area contributed by atoms with Crippen LogP contribution in [0.1, 0.15) is 32.1 Å². The van der Waals surface area contributed by atoms with Crippen LogP contribution in [0, 0.1) is 17.8 Å². The molecule has 0 heterocycles. The Morgan fingerprint density at radius 1 is 1.67 bits per heavy atom. The first-order chi connectivity index (χ1) is 5.75. The number of carbonyl (C=O) groups is 2. The van der Waals surface area contributed by atoms with E-state index in [0.29, 0.717) is 19.3 Å². The predicted octanol–water partition coefficient (Wildman–Crippen LogP) is 1.34. The third kappa shape index (κ3) is 1.40. The summed E-state index contributed by atoms with van der Waals surface area (Å²) in [6.45, 7) is 0. The Bertz CT molecular complexity index is 237. The number of terminal acetylenes is 1. The number of hydrogen-bond acceptors (Lipinski definition) is 2. The quantitative estimate of drug-likeness (QED) is 0.466. The molecule has 1 aliphatic carbocycles. The molecule has 0 radical (unpaired) electrons. The van der Waals surface area contributed by atoms with Gasteiger partial charge in [-0.25, -0.2) is 0 Å². The minimum Gasteiger partial charge on any atom is -0.303 e. The summed E-state index contributed by atoms with van der Waals surface area (Å²) in [6, 6.07) is 0. The molecule has 1 unspecified atom stereocenters. The Labute approximate surface area is 72.3 Å². The fourth-order valence-electron chi connectivity index (χ4n) is 1.82. The third-order valence-corrected chi connectivity index (χ3v) is 2.57. The minimum atomic E-state index is -0.490. The first-order valence-corrected chi connectivity index (χ1v) is 4.15. The van der Waals surface area contributed by atoms with Crippen LogP contribution >= 0.6 is 0 Å². The molecule has 0 aromatic heterocycles. The Morgan fingerprint density at radius 3 is 2.83 bits per heavy atom. The van der Waals surface area contributed by atoms with Gasteiger partial charge in [0.25, 0.3) is 0 Å². The van der Waals surface area contributed by atoms with Gasteiger partial charge in [-0.1, -0.05) is 0 Å². The molecule has 1 fully saturated rings. The van der Waals surface area contributed by atoms with E-state index in [4.69, 9.17) is 6.42 Å². The number of Topliss-reactive ketones (excluding diaryl/α,β-unsaturated/α-hetero) is 1. The van der Waals surface area contributed by atoms with E-state index in [2.05, 4.69) is 5.92 Å². The van der Waals surface area contributed by atoms with Crippen molar-refractivity contribution in [2.45, 2.75) is 32.1 Å². The van der Waals surface area contributed by atoms with Gasteiger partial charge in [0.2, 0.25) is 0 Å². The molecule has 1 atom stereocenters. The third-order valence-electron chi connectivity index (χ3n) is 2.57. The van der Waals surface area contributed by atoms with Gasteiger partial charge in [-0.3, -0.25) is 4.79 Å². The molecular formula is C10H12O2. The second-order valence-corrected chi connectivity index (χ2v) is 3.31. The summed E-state index contributed by atoms with van der Waals surface area (Å²) < 4.78 is 0. The average Bonchev–Trinajstić information content (AvgIpc) is 2.35. The zero-order valence-electron chi connectivity index (χ0n) is 7.01. The van der Waals surface area contributed by atoms with Crippen molar-refractivity contribution in [2.24, 2.45) is 5.41 Å². The topological polar surface area (TPSA) is 34.1 Å². The van der Waals surface area contributed by atoms with Crippen molar-refractivity contribution in [3.63, 3.8) is 0 Å². The second-order valence-electron chi connectivity index (χ2n) is 3.31. The molecule has 0 bridgehead atoms. The maximum atomic E-state index is 11.4. The van der Waals surface area contributed by atoms with Crippen LogP contribution in [-0.2, 0) is 9.59 Å². The molecule has 1 aliphatic rings. The second kappa shape index (κ2) is 3.53. The van der Waals surface area contributed by atoms with Crippen LogP contribution in [0.4, 0.5) is 0 Å². The van der Waals surface area contributed by atoms with E-state index in [1.165, 1.54) is 0 Å². The van der Waals surface area contributed by atoms with Crippen molar-refractivity contribution in [3.8, 4) is 12.3 Å². The highest BCUT2D eigenvalue weighted by molar-refractivity contribution is 5.89. The molecule has 2 nitrogen and oxygen atoms in total. The van der Waals surface area contributed by atoms with E-state index in [-0.39, 0.29) is 5.78 Å². The molecule has 0 aliphatic heterocycles. The number of carbonyl (C=O) groups excluding carboxylic acids is 2. The molecule has 1 rings (SSSR count).